The molecule has 5 rings (SSSR count). The van der Waals surface area contributed by atoms with E-state index in [1.165, 1.54) is 16.0 Å². The summed E-state index contributed by atoms with van der Waals surface area (Å²) in [5.41, 5.74) is 5.09. The van der Waals surface area contributed by atoms with Gasteiger partial charge in [-0.2, -0.15) is 0 Å². The highest BCUT2D eigenvalue weighted by molar-refractivity contribution is 6.43. The number of para-hydroxylation sites is 1. The van der Waals surface area contributed by atoms with Crippen LogP contribution in [0.15, 0.2) is 71.3 Å². The average Bonchev–Trinajstić information content (AvgIpc) is 3.15. The van der Waals surface area contributed by atoms with Crippen molar-refractivity contribution >= 4 is 30.7 Å². The summed E-state index contributed by atoms with van der Waals surface area (Å²) in [6.07, 6.45) is 5.81. The van der Waals surface area contributed by atoms with Crippen molar-refractivity contribution < 1.29 is 24.4 Å². The van der Waals surface area contributed by atoms with Gasteiger partial charge in [0, 0.05) is 0 Å². The Morgan fingerprint density at radius 2 is 1.86 bits per heavy atom. The van der Waals surface area contributed by atoms with Gasteiger partial charge in [-0.25, -0.2) is 0 Å². The number of aromatic hydroxyl groups is 1. The number of carbonyl (C=O) groups is 2. The molecule has 2 fully saturated rings. The van der Waals surface area contributed by atoms with Gasteiger partial charge in [0.15, 0.2) is 0 Å². The molecule has 1 aliphatic carbocycles. The van der Waals surface area contributed by atoms with E-state index in [0.717, 1.165) is 30.4 Å². The van der Waals surface area contributed by atoms with Gasteiger partial charge in [-0.05, 0) is 79.7 Å². The van der Waals surface area contributed by atoms with E-state index in [1.54, 1.807) is 24.3 Å². The Labute approximate surface area is 218 Å². The first-order valence-corrected chi connectivity index (χ1v) is 13.4. The maximum absolute atomic E-state index is 13.7. The van der Waals surface area contributed by atoms with Crippen LogP contribution in [-0.2, 0) is 14.2 Å². The number of hydrogen-bond donors (Lipinski definition) is 2. The van der Waals surface area contributed by atoms with Crippen LogP contribution in [0.4, 0.5) is 5.69 Å². The van der Waals surface area contributed by atoms with E-state index >= 15 is 0 Å². The monoisotopic (exact) mass is 499 g/mol. The minimum absolute atomic E-state index is 0.133. The number of phenols is 1. The number of rotatable bonds is 7. The van der Waals surface area contributed by atoms with Crippen molar-refractivity contribution in [1.82, 2.24) is 0 Å². The Balaban J connectivity index is 1.42. The second-order valence-corrected chi connectivity index (χ2v) is 10.3. The second kappa shape index (κ2) is 10.7. The lowest BCUT2D eigenvalue weighted by atomic mass is 9.58. The molecule has 4 atom stereocenters. The van der Waals surface area contributed by atoms with Crippen molar-refractivity contribution in [2.75, 3.05) is 4.90 Å². The molecule has 3 aliphatic rings. The number of phenolic OH excluding ortho intramolecular Hbond substituents is 1. The summed E-state index contributed by atoms with van der Waals surface area (Å²) < 4.78 is 6.09. The molecule has 7 heteroatoms. The number of hydrogen-bond acceptors (Lipinski definition) is 5. The van der Waals surface area contributed by atoms with Crippen molar-refractivity contribution in [2.24, 2.45) is 17.8 Å². The van der Waals surface area contributed by atoms with Gasteiger partial charge in [0.2, 0.25) is 11.8 Å². The quantitative estimate of drug-likeness (QED) is 0.304. The van der Waals surface area contributed by atoms with Crippen molar-refractivity contribution in [3.63, 3.8) is 0 Å². The number of imide groups is 1. The molecule has 6 nitrogen and oxygen atoms in total. The van der Waals surface area contributed by atoms with Crippen LogP contribution in [-0.4, -0.2) is 35.2 Å². The molecule has 0 aromatic heterocycles. The first-order chi connectivity index (χ1) is 17.9. The molecule has 0 spiro atoms. The van der Waals surface area contributed by atoms with Crippen LogP contribution < -0.4 is 4.90 Å². The van der Waals surface area contributed by atoms with Gasteiger partial charge in [-0.1, -0.05) is 61.4 Å². The Morgan fingerprint density at radius 1 is 1.08 bits per heavy atom. The number of amides is 2. The number of allylic oxidation sites excluding steroid dienone is 2. The highest BCUT2D eigenvalue weighted by atomic mass is 16.5. The molecule has 0 radical (unpaired) electrons. The molecular formula is C30H34BNO5. The molecule has 2 saturated heterocycles. The molecule has 0 unspecified atom stereocenters. The molecule has 2 heterocycles. The molecule has 192 valence electrons. The molecule has 2 aromatic rings. The third-order valence-corrected chi connectivity index (χ3v) is 8.17. The summed E-state index contributed by atoms with van der Waals surface area (Å²) in [4.78, 5) is 28.5. The van der Waals surface area contributed by atoms with Crippen molar-refractivity contribution in [3.8, 4) is 5.75 Å². The Morgan fingerprint density at radius 3 is 2.57 bits per heavy atom. The highest BCUT2D eigenvalue weighted by Crippen LogP contribution is 2.51. The highest BCUT2D eigenvalue weighted by Gasteiger charge is 2.57. The molecule has 2 aromatic carbocycles. The molecule has 0 bridgehead atoms. The van der Waals surface area contributed by atoms with E-state index in [4.69, 9.17) is 4.65 Å². The van der Waals surface area contributed by atoms with E-state index in [-0.39, 0.29) is 35.5 Å². The predicted octanol–water partition coefficient (Wildman–Crippen LogP) is 5.38. The number of fused-ring (bicyclic) bond motifs is 3. The van der Waals surface area contributed by atoms with Crippen molar-refractivity contribution in [2.45, 2.75) is 58.4 Å². The number of benzene rings is 2. The van der Waals surface area contributed by atoms with Gasteiger partial charge in [0.25, 0.3) is 0 Å². The zero-order valence-corrected chi connectivity index (χ0v) is 21.5. The number of carbonyl (C=O) groups excluding carboxylic acids is 2. The third-order valence-electron chi connectivity index (χ3n) is 8.17. The predicted molar refractivity (Wildman–Crippen MR) is 145 cm³/mol. The normalized spacial score (nSPS) is 26.0. The maximum Gasteiger partial charge on any atom is 0.455 e. The lowest BCUT2D eigenvalue weighted by Crippen LogP contribution is -2.46. The van der Waals surface area contributed by atoms with Crippen molar-refractivity contribution in [3.05, 3.63) is 76.9 Å². The molecule has 2 amide bonds. The van der Waals surface area contributed by atoms with Crippen LogP contribution in [0.2, 0.25) is 6.32 Å². The first kappa shape index (κ1) is 25.5. The van der Waals surface area contributed by atoms with Crippen molar-refractivity contribution in [1.29, 1.82) is 0 Å². The molecular weight excluding hydrogens is 465 g/mol. The van der Waals surface area contributed by atoms with Crippen LogP contribution in [0.5, 0.6) is 5.75 Å². The fraction of sp³-hybridized carbons (Fsp3) is 0.400. The largest absolute Gasteiger partial charge is 0.508 e. The van der Waals surface area contributed by atoms with Gasteiger partial charge < -0.3 is 14.8 Å². The topological polar surface area (TPSA) is 87.1 Å². The average molecular weight is 499 g/mol. The summed E-state index contributed by atoms with van der Waals surface area (Å²) in [7, 11) is -0.968. The van der Waals surface area contributed by atoms with E-state index in [9.17, 15) is 19.7 Å². The Hall–Kier alpha value is -3.16. The lowest BCUT2D eigenvalue weighted by molar-refractivity contribution is -0.122. The van der Waals surface area contributed by atoms with Crippen LogP contribution in [0, 0.1) is 17.8 Å². The minimum atomic E-state index is -0.968. The van der Waals surface area contributed by atoms with E-state index < -0.39 is 13.0 Å². The first-order valence-electron chi connectivity index (χ1n) is 13.4. The van der Waals surface area contributed by atoms with Gasteiger partial charge in [-0.15, -0.1) is 0 Å². The fourth-order valence-corrected chi connectivity index (χ4v) is 6.45. The zero-order chi connectivity index (χ0) is 26.1. The third kappa shape index (κ3) is 4.90. The summed E-state index contributed by atoms with van der Waals surface area (Å²) >= 11 is 0. The van der Waals surface area contributed by atoms with Gasteiger partial charge >= 0.3 is 7.12 Å². The molecule has 2 aliphatic heterocycles. The SMILES string of the molecule is CCC1=C2[C@@H](CC/C(=C/c3cccc(O)c3)CC)OB(O)C[C@@H]2[C@@H]2C(=O)N(c3ccccc3)C(=O)[C@@H]2C1. The lowest BCUT2D eigenvalue weighted by Gasteiger charge is -2.43. The summed E-state index contributed by atoms with van der Waals surface area (Å²) in [5, 5.41) is 20.5. The Kier molecular flexibility index (Phi) is 7.36. The van der Waals surface area contributed by atoms with E-state index in [0.29, 0.717) is 24.8 Å². The van der Waals surface area contributed by atoms with Gasteiger partial charge in [0.1, 0.15) is 5.75 Å². The summed E-state index contributed by atoms with van der Waals surface area (Å²) in [6, 6.07) is 16.3. The number of nitrogens with zero attached hydrogens (tertiary/aromatic N) is 1. The fourth-order valence-electron chi connectivity index (χ4n) is 6.45. The van der Waals surface area contributed by atoms with Gasteiger partial charge in [0.05, 0.1) is 23.6 Å². The van der Waals surface area contributed by atoms with Gasteiger partial charge in [-0.3, -0.25) is 14.5 Å². The van der Waals surface area contributed by atoms with Crippen LogP contribution in [0.25, 0.3) is 6.08 Å². The molecule has 37 heavy (non-hydrogen) atoms. The van der Waals surface area contributed by atoms with Crippen LogP contribution >= 0.6 is 0 Å². The second-order valence-electron chi connectivity index (χ2n) is 10.3. The summed E-state index contributed by atoms with van der Waals surface area (Å²) in [5.74, 6) is -1.11. The van der Waals surface area contributed by atoms with E-state index in [2.05, 4.69) is 19.9 Å². The van der Waals surface area contributed by atoms with Crippen LogP contribution in [0.1, 0.15) is 51.5 Å². The standard InChI is InChI=1S/C30H34BNO5/c1-3-19(15-20-9-8-12-23(33)16-20)13-14-26-27-21(4-2)17-24-28(25(27)18-31(36)37-26)30(35)32(29(24)34)22-10-6-5-7-11-22/h5-12,15-16,24-26,28,33,36H,3-4,13-14,17-18H2,1-2H3/b19-15+/t24-,25+,26-,28-/m1/s1. The maximum atomic E-state index is 13.7. The Bertz CT molecular complexity index is 1240. The summed E-state index contributed by atoms with van der Waals surface area (Å²) in [6.45, 7) is 4.20. The van der Waals surface area contributed by atoms with E-state index in [1.807, 2.05) is 30.3 Å². The molecule has 0 saturated carbocycles. The minimum Gasteiger partial charge on any atom is -0.508 e. The molecule has 2 N–H and O–H groups in total. The smallest absolute Gasteiger partial charge is 0.455 e. The number of anilines is 1. The van der Waals surface area contributed by atoms with Crippen LogP contribution in [0.3, 0.4) is 0 Å². The zero-order valence-electron chi connectivity index (χ0n) is 21.5.